The molecule has 0 radical (unpaired) electrons. The molecule has 42 heavy (non-hydrogen) atoms. The second kappa shape index (κ2) is 13.9. The number of likely N-dealkylation sites (N-methyl/N-ethyl adjacent to an activating group) is 1. The molecule has 7 nitrogen and oxygen atoms in total. The summed E-state index contributed by atoms with van der Waals surface area (Å²) in [5, 5.41) is 3.29. The van der Waals surface area contributed by atoms with Gasteiger partial charge in [0.15, 0.2) is 0 Å². The second-order valence-corrected chi connectivity index (χ2v) is 12.5. The Morgan fingerprint density at radius 2 is 1.48 bits per heavy atom. The molecule has 0 aliphatic rings. The van der Waals surface area contributed by atoms with Crippen LogP contribution < -0.4 is 9.62 Å². The highest BCUT2D eigenvalue weighted by Gasteiger charge is 2.35. The summed E-state index contributed by atoms with van der Waals surface area (Å²) in [6.45, 7) is 1.28. The number of carbonyl (C=O) groups is 2. The lowest BCUT2D eigenvalue weighted by Crippen LogP contribution is -2.53. The van der Waals surface area contributed by atoms with Gasteiger partial charge in [-0.05, 0) is 54.4 Å². The van der Waals surface area contributed by atoms with Crippen molar-refractivity contribution in [2.75, 3.05) is 17.9 Å². The molecule has 4 rings (SSSR count). The molecule has 1 atom stereocenters. The van der Waals surface area contributed by atoms with Crippen LogP contribution >= 0.6 is 23.2 Å². The molecule has 4 aromatic rings. The topological polar surface area (TPSA) is 86.8 Å². The number of benzene rings is 4. The summed E-state index contributed by atoms with van der Waals surface area (Å²) in [4.78, 5) is 29.0. The van der Waals surface area contributed by atoms with E-state index in [2.05, 4.69) is 5.32 Å². The van der Waals surface area contributed by atoms with Crippen molar-refractivity contribution >= 4 is 50.7 Å². The molecular weight excluding hydrogens is 593 g/mol. The van der Waals surface area contributed by atoms with Gasteiger partial charge in [-0.2, -0.15) is 0 Å². The van der Waals surface area contributed by atoms with Crippen molar-refractivity contribution in [3.8, 4) is 0 Å². The molecule has 10 heteroatoms. The lowest BCUT2D eigenvalue weighted by molar-refractivity contribution is -0.139. The third kappa shape index (κ3) is 7.50. The molecule has 0 spiro atoms. The van der Waals surface area contributed by atoms with Crippen LogP contribution in [-0.4, -0.2) is 44.8 Å². The van der Waals surface area contributed by atoms with Crippen LogP contribution in [0, 0.1) is 6.92 Å². The molecule has 0 saturated carbocycles. The zero-order valence-electron chi connectivity index (χ0n) is 23.2. The summed E-state index contributed by atoms with van der Waals surface area (Å²) < 4.78 is 29.0. The lowest BCUT2D eigenvalue weighted by atomic mass is 10.0. The van der Waals surface area contributed by atoms with Crippen molar-refractivity contribution in [1.82, 2.24) is 10.2 Å². The highest BCUT2D eigenvalue weighted by atomic mass is 35.5. The summed E-state index contributed by atoms with van der Waals surface area (Å²) in [6.07, 6.45) is 0.212. The average Bonchev–Trinajstić information content (AvgIpc) is 2.98. The van der Waals surface area contributed by atoms with Crippen LogP contribution in [0.15, 0.2) is 108 Å². The fraction of sp³-hybridized carbons (Fsp3) is 0.188. The lowest BCUT2D eigenvalue weighted by Gasteiger charge is -2.33. The van der Waals surface area contributed by atoms with Gasteiger partial charge in [0, 0.05) is 25.0 Å². The third-order valence-electron chi connectivity index (χ3n) is 6.77. The van der Waals surface area contributed by atoms with Gasteiger partial charge >= 0.3 is 0 Å². The number of rotatable bonds is 11. The normalized spacial score (nSPS) is 11.9. The summed E-state index contributed by atoms with van der Waals surface area (Å²) in [5.41, 5.74) is 2.56. The van der Waals surface area contributed by atoms with Crippen LogP contribution in [0.2, 0.25) is 10.0 Å². The Kier molecular flexibility index (Phi) is 10.3. The zero-order valence-corrected chi connectivity index (χ0v) is 25.5. The van der Waals surface area contributed by atoms with E-state index in [1.807, 2.05) is 37.3 Å². The molecule has 0 saturated heterocycles. The first-order valence-corrected chi connectivity index (χ1v) is 15.4. The first kappa shape index (κ1) is 31.1. The molecule has 0 aliphatic heterocycles. The largest absolute Gasteiger partial charge is 0.357 e. The number of aryl methyl sites for hydroxylation is 1. The van der Waals surface area contributed by atoms with Crippen molar-refractivity contribution < 1.29 is 18.0 Å². The number of hydrogen-bond acceptors (Lipinski definition) is 4. The number of sulfonamides is 1. The highest BCUT2D eigenvalue weighted by molar-refractivity contribution is 7.92. The number of amides is 2. The Balaban J connectivity index is 1.80. The minimum Gasteiger partial charge on any atom is -0.357 e. The molecule has 2 amide bonds. The molecule has 0 fully saturated rings. The quantitative estimate of drug-likeness (QED) is 0.226. The number of carbonyl (C=O) groups excluding carboxylic acids is 2. The van der Waals surface area contributed by atoms with Gasteiger partial charge < -0.3 is 10.2 Å². The first-order chi connectivity index (χ1) is 20.1. The molecule has 218 valence electrons. The predicted molar refractivity (Wildman–Crippen MR) is 167 cm³/mol. The van der Waals surface area contributed by atoms with Crippen molar-refractivity contribution in [2.24, 2.45) is 0 Å². The Bertz CT molecular complexity index is 1650. The van der Waals surface area contributed by atoms with E-state index in [0.717, 1.165) is 15.4 Å². The van der Waals surface area contributed by atoms with Gasteiger partial charge in [-0.3, -0.25) is 13.9 Å². The van der Waals surface area contributed by atoms with Gasteiger partial charge in [0.1, 0.15) is 12.6 Å². The number of nitrogens with zero attached hydrogens (tertiary/aromatic N) is 2. The maximum absolute atomic E-state index is 14.3. The van der Waals surface area contributed by atoms with Crippen molar-refractivity contribution in [3.63, 3.8) is 0 Å². The maximum Gasteiger partial charge on any atom is 0.264 e. The molecular formula is C32H31Cl2N3O4S. The molecule has 0 heterocycles. The third-order valence-corrected chi connectivity index (χ3v) is 9.10. The summed E-state index contributed by atoms with van der Waals surface area (Å²) in [7, 11) is -2.73. The van der Waals surface area contributed by atoms with Gasteiger partial charge in [-0.1, -0.05) is 95.5 Å². The highest BCUT2D eigenvalue weighted by Crippen LogP contribution is 2.31. The van der Waals surface area contributed by atoms with E-state index in [9.17, 15) is 18.0 Å². The van der Waals surface area contributed by atoms with Crippen LogP contribution in [0.5, 0.6) is 0 Å². The average molecular weight is 625 g/mol. The predicted octanol–water partition coefficient (Wildman–Crippen LogP) is 5.88. The Morgan fingerprint density at radius 3 is 2.12 bits per heavy atom. The van der Waals surface area contributed by atoms with Crippen LogP contribution in [0.1, 0.15) is 16.7 Å². The Morgan fingerprint density at radius 1 is 0.833 bits per heavy atom. The van der Waals surface area contributed by atoms with Crippen LogP contribution in [0.4, 0.5) is 5.69 Å². The minimum absolute atomic E-state index is 0.00866. The number of halogens is 2. The number of hydrogen-bond donors (Lipinski definition) is 1. The summed E-state index contributed by atoms with van der Waals surface area (Å²) in [5.74, 6) is -0.977. The fourth-order valence-electron chi connectivity index (χ4n) is 4.56. The second-order valence-electron chi connectivity index (χ2n) is 9.75. The van der Waals surface area contributed by atoms with Crippen LogP contribution in [-0.2, 0) is 32.6 Å². The molecule has 4 aromatic carbocycles. The zero-order chi connectivity index (χ0) is 30.3. The monoisotopic (exact) mass is 623 g/mol. The minimum atomic E-state index is -4.23. The van der Waals surface area contributed by atoms with Gasteiger partial charge in [0.2, 0.25) is 11.8 Å². The summed E-state index contributed by atoms with van der Waals surface area (Å²) in [6, 6.07) is 28.1. The van der Waals surface area contributed by atoms with Gasteiger partial charge in [-0.15, -0.1) is 0 Å². The molecule has 0 bridgehead atoms. The van der Waals surface area contributed by atoms with E-state index in [4.69, 9.17) is 23.2 Å². The standard InChI is InChI=1S/C32H31Cl2N3O4S/c1-23-15-17-27(18-16-23)42(40,41)37(29-14-7-6-13-28(29)34)22-31(38)36(21-25-11-8-12-26(33)19-25)30(32(39)35-2)20-24-9-4-3-5-10-24/h3-19,30H,20-22H2,1-2H3,(H,35,39)/t30-/m0/s1. The van der Waals surface area contributed by atoms with Crippen LogP contribution in [0.25, 0.3) is 0 Å². The first-order valence-electron chi connectivity index (χ1n) is 13.2. The molecule has 0 unspecified atom stereocenters. The Labute approximate surface area is 256 Å². The van der Waals surface area contributed by atoms with Crippen molar-refractivity contribution in [1.29, 1.82) is 0 Å². The molecule has 0 aromatic heterocycles. The number of nitrogens with one attached hydrogen (secondary N) is 1. The Hall–Kier alpha value is -3.85. The van der Waals surface area contributed by atoms with Gasteiger partial charge in [-0.25, -0.2) is 8.42 Å². The van der Waals surface area contributed by atoms with E-state index in [0.29, 0.717) is 10.6 Å². The van der Waals surface area contributed by atoms with E-state index < -0.39 is 28.5 Å². The smallest absolute Gasteiger partial charge is 0.264 e. The SMILES string of the molecule is CNC(=O)[C@H](Cc1ccccc1)N(Cc1cccc(Cl)c1)C(=O)CN(c1ccccc1Cl)S(=O)(=O)c1ccc(C)cc1. The van der Waals surface area contributed by atoms with E-state index in [1.54, 1.807) is 60.7 Å². The summed E-state index contributed by atoms with van der Waals surface area (Å²) >= 11 is 12.7. The van der Waals surface area contributed by atoms with Crippen LogP contribution in [0.3, 0.4) is 0 Å². The van der Waals surface area contributed by atoms with E-state index >= 15 is 0 Å². The maximum atomic E-state index is 14.3. The van der Waals surface area contributed by atoms with Gasteiger partial charge in [0.05, 0.1) is 15.6 Å². The van der Waals surface area contributed by atoms with Gasteiger partial charge in [0.25, 0.3) is 10.0 Å². The number of anilines is 1. The van der Waals surface area contributed by atoms with E-state index in [-0.39, 0.29) is 34.5 Å². The number of para-hydroxylation sites is 1. The van der Waals surface area contributed by atoms with Crippen molar-refractivity contribution in [2.45, 2.75) is 30.8 Å². The van der Waals surface area contributed by atoms with E-state index in [1.165, 1.54) is 24.1 Å². The molecule has 1 N–H and O–H groups in total. The fourth-order valence-corrected chi connectivity index (χ4v) is 6.49. The van der Waals surface area contributed by atoms with Crippen molar-refractivity contribution in [3.05, 3.63) is 130 Å². The molecule has 0 aliphatic carbocycles.